The van der Waals surface area contributed by atoms with Gasteiger partial charge in [-0.1, -0.05) is 6.92 Å². The molecule has 8 heteroatoms. The Bertz CT molecular complexity index is 1000. The average Bonchev–Trinajstić information content (AvgIpc) is 3.23. The zero-order valence-electron chi connectivity index (χ0n) is 14.5. The largest absolute Gasteiger partial charge is 0.355 e. The number of amides is 2. The van der Waals surface area contributed by atoms with E-state index in [2.05, 4.69) is 32.5 Å². The van der Waals surface area contributed by atoms with Crippen LogP contribution in [0, 0.1) is 5.92 Å². The van der Waals surface area contributed by atoms with E-state index in [1.807, 2.05) is 11.4 Å². The Morgan fingerprint density at radius 1 is 1.38 bits per heavy atom. The second-order valence-electron chi connectivity index (χ2n) is 6.33. The lowest BCUT2D eigenvalue weighted by Crippen LogP contribution is -2.19. The highest BCUT2D eigenvalue weighted by molar-refractivity contribution is 7.13. The minimum atomic E-state index is -0.221. The van der Waals surface area contributed by atoms with Gasteiger partial charge in [0.25, 0.3) is 5.91 Å². The lowest BCUT2D eigenvalue weighted by atomic mass is 10.1. The predicted molar refractivity (Wildman–Crippen MR) is 101 cm³/mol. The number of fused-ring (bicyclic) bond motifs is 1. The third kappa shape index (κ3) is 2.96. The standard InChI is InChI=1S/C18H19N5O2S/c1-3-10-8-26-18(21-10)13-6-11-12(17(25)19-2)7-20-15(14(11)22-13)23-16(24)9-4-5-9/h6-9,22H,3-5H2,1-2H3,(H,19,25)(H,20,23,24). The monoisotopic (exact) mass is 369 g/mol. The van der Waals surface area contributed by atoms with Crippen LogP contribution >= 0.6 is 11.3 Å². The molecule has 3 aromatic rings. The molecule has 2 amide bonds. The van der Waals surface area contributed by atoms with Gasteiger partial charge in [0.15, 0.2) is 5.82 Å². The number of anilines is 1. The lowest BCUT2D eigenvalue weighted by Gasteiger charge is -2.07. The Kier molecular flexibility index (Phi) is 4.20. The van der Waals surface area contributed by atoms with Gasteiger partial charge in [0.1, 0.15) is 5.01 Å². The number of carbonyl (C=O) groups is 2. The van der Waals surface area contributed by atoms with E-state index in [0.717, 1.165) is 35.7 Å². The molecule has 3 N–H and O–H groups in total. The molecule has 134 valence electrons. The number of nitrogens with one attached hydrogen (secondary N) is 3. The molecule has 3 heterocycles. The Morgan fingerprint density at radius 3 is 2.85 bits per heavy atom. The van der Waals surface area contributed by atoms with Crippen LogP contribution in [0.15, 0.2) is 17.6 Å². The van der Waals surface area contributed by atoms with Crippen molar-refractivity contribution >= 4 is 39.9 Å². The summed E-state index contributed by atoms with van der Waals surface area (Å²) in [4.78, 5) is 36.6. The maximum absolute atomic E-state index is 12.2. The van der Waals surface area contributed by atoms with Crippen LogP contribution in [0.4, 0.5) is 5.82 Å². The van der Waals surface area contributed by atoms with Gasteiger partial charge in [-0.05, 0) is 25.3 Å². The van der Waals surface area contributed by atoms with Crippen LogP contribution in [0.5, 0.6) is 0 Å². The summed E-state index contributed by atoms with van der Waals surface area (Å²) in [5.74, 6) is 0.278. The third-order valence-corrected chi connectivity index (χ3v) is 5.40. The van der Waals surface area contributed by atoms with Gasteiger partial charge in [-0.3, -0.25) is 9.59 Å². The van der Waals surface area contributed by atoms with Crippen molar-refractivity contribution in [1.82, 2.24) is 20.3 Å². The lowest BCUT2D eigenvalue weighted by molar-refractivity contribution is -0.117. The van der Waals surface area contributed by atoms with Gasteiger partial charge in [-0.15, -0.1) is 11.3 Å². The quantitative estimate of drug-likeness (QED) is 0.644. The van der Waals surface area contributed by atoms with E-state index < -0.39 is 0 Å². The number of hydrogen-bond acceptors (Lipinski definition) is 5. The fraction of sp³-hybridized carbons (Fsp3) is 0.333. The molecule has 0 aliphatic heterocycles. The van der Waals surface area contributed by atoms with Crippen molar-refractivity contribution in [2.24, 2.45) is 5.92 Å². The molecule has 7 nitrogen and oxygen atoms in total. The molecular weight excluding hydrogens is 350 g/mol. The molecule has 3 aromatic heterocycles. The van der Waals surface area contributed by atoms with Crippen molar-refractivity contribution < 1.29 is 9.59 Å². The van der Waals surface area contributed by atoms with E-state index in [1.165, 1.54) is 6.20 Å². The fourth-order valence-electron chi connectivity index (χ4n) is 2.80. The molecule has 1 aliphatic carbocycles. The first-order valence-electron chi connectivity index (χ1n) is 8.60. The molecule has 0 bridgehead atoms. The summed E-state index contributed by atoms with van der Waals surface area (Å²) >= 11 is 1.55. The van der Waals surface area contributed by atoms with Crippen molar-refractivity contribution in [1.29, 1.82) is 0 Å². The van der Waals surface area contributed by atoms with Gasteiger partial charge in [0, 0.05) is 29.9 Å². The Morgan fingerprint density at radius 2 is 2.19 bits per heavy atom. The molecule has 0 aromatic carbocycles. The van der Waals surface area contributed by atoms with E-state index in [4.69, 9.17) is 0 Å². The van der Waals surface area contributed by atoms with E-state index in [1.54, 1.807) is 18.4 Å². The first-order valence-corrected chi connectivity index (χ1v) is 9.48. The van der Waals surface area contributed by atoms with Crippen molar-refractivity contribution in [2.75, 3.05) is 12.4 Å². The predicted octanol–water partition coefficient (Wildman–Crippen LogP) is 2.96. The first-order chi connectivity index (χ1) is 12.6. The van der Waals surface area contributed by atoms with Crippen LogP contribution in [-0.2, 0) is 11.2 Å². The topological polar surface area (TPSA) is 99.8 Å². The highest BCUT2D eigenvalue weighted by Gasteiger charge is 2.30. The van der Waals surface area contributed by atoms with Gasteiger partial charge >= 0.3 is 0 Å². The van der Waals surface area contributed by atoms with Gasteiger partial charge in [-0.25, -0.2) is 9.97 Å². The highest BCUT2D eigenvalue weighted by Crippen LogP contribution is 2.34. The number of rotatable bonds is 5. The average molecular weight is 369 g/mol. The molecule has 0 spiro atoms. The molecule has 0 unspecified atom stereocenters. The van der Waals surface area contributed by atoms with Crippen molar-refractivity contribution in [2.45, 2.75) is 26.2 Å². The Balaban J connectivity index is 1.82. The summed E-state index contributed by atoms with van der Waals surface area (Å²) in [6.07, 6.45) is 4.20. The van der Waals surface area contributed by atoms with Gasteiger partial charge in [0.2, 0.25) is 5.91 Å². The smallest absolute Gasteiger partial charge is 0.253 e. The zero-order valence-corrected chi connectivity index (χ0v) is 15.4. The molecular formula is C18H19N5O2S. The number of pyridine rings is 1. The summed E-state index contributed by atoms with van der Waals surface area (Å²) in [6, 6.07) is 1.90. The van der Waals surface area contributed by atoms with Gasteiger partial charge in [-0.2, -0.15) is 0 Å². The number of aromatic amines is 1. The van der Waals surface area contributed by atoms with E-state index in [0.29, 0.717) is 22.3 Å². The van der Waals surface area contributed by atoms with Gasteiger partial charge < -0.3 is 15.6 Å². The minimum absolute atomic E-state index is 0.0230. The molecule has 1 fully saturated rings. The fourth-order valence-corrected chi connectivity index (χ4v) is 3.67. The summed E-state index contributed by atoms with van der Waals surface area (Å²) in [5.41, 5.74) is 2.94. The second-order valence-corrected chi connectivity index (χ2v) is 7.19. The number of aromatic nitrogens is 3. The van der Waals surface area contributed by atoms with Crippen LogP contribution in [0.25, 0.3) is 21.6 Å². The van der Waals surface area contributed by atoms with Crippen molar-refractivity contribution in [3.05, 3.63) is 28.9 Å². The van der Waals surface area contributed by atoms with Crippen molar-refractivity contribution in [3.63, 3.8) is 0 Å². The highest BCUT2D eigenvalue weighted by atomic mass is 32.1. The summed E-state index contributed by atoms with van der Waals surface area (Å²) in [5, 5.41) is 9.10. The van der Waals surface area contributed by atoms with Crippen LogP contribution in [0.3, 0.4) is 0 Å². The number of nitrogens with zero attached hydrogens (tertiary/aromatic N) is 2. The van der Waals surface area contributed by atoms with Crippen LogP contribution in [0.2, 0.25) is 0 Å². The second kappa shape index (κ2) is 6.53. The van der Waals surface area contributed by atoms with Crippen molar-refractivity contribution in [3.8, 4) is 10.7 Å². The van der Waals surface area contributed by atoms with Crippen LogP contribution in [0.1, 0.15) is 35.8 Å². The summed E-state index contributed by atoms with van der Waals surface area (Å²) < 4.78 is 0. The number of carbonyl (C=O) groups excluding carboxylic acids is 2. The van der Waals surface area contributed by atoms with Crippen LogP contribution < -0.4 is 10.6 Å². The number of thiazole rings is 1. The molecule has 0 saturated heterocycles. The SMILES string of the molecule is CCc1csc(-c2cc3c(C(=O)NC)cnc(NC(=O)C4CC4)c3[nH]2)n1. The molecule has 0 radical (unpaired) electrons. The van der Waals surface area contributed by atoms with Gasteiger partial charge in [0.05, 0.1) is 22.5 Å². The normalized spacial score (nSPS) is 13.8. The Hall–Kier alpha value is -2.74. The Labute approximate surface area is 154 Å². The van der Waals surface area contributed by atoms with E-state index in [9.17, 15) is 9.59 Å². The summed E-state index contributed by atoms with van der Waals surface area (Å²) in [6.45, 7) is 2.06. The maximum Gasteiger partial charge on any atom is 0.253 e. The molecule has 0 atom stereocenters. The first kappa shape index (κ1) is 16.7. The number of H-pyrrole nitrogens is 1. The van der Waals surface area contributed by atoms with E-state index in [-0.39, 0.29) is 17.7 Å². The number of hydrogen-bond donors (Lipinski definition) is 3. The molecule has 1 saturated carbocycles. The molecule has 4 rings (SSSR count). The minimum Gasteiger partial charge on any atom is -0.355 e. The third-order valence-electron chi connectivity index (χ3n) is 4.47. The molecule has 1 aliphatic rings. The van der Waals surface area contributed by atoms with Crippen LogP contribution in [-0.4, -0.2) is 33.8 Å². The van der Waals surface area contributed by atoms with E-state index >= 15 is 0 Å². The number of aryl methyl sites for hydroxylation is 1. The molecule has 26 heavy (non-hydrogen) atoms. The maximum atomic E-state index is 12.2. The zero-order chi connectivity index (χ0) is 18.3. The summed E-state index contributed by atoms with van der Waals surface area (Å²) in [7, 11) is 1.58.